The van der Waals surface area contributed by atoms with Crippen molar-refractivity contribution < 1.29 is 4.74 Å². The van der Waals surface area contributed by atoms with E-state index < -0.39 is 0 Å². The highest BCUT2D eigenvalue weighted by Crippen LogP contribution is 2.33. The Balaban J connectivity index is 1.54. The Bertz CT molecular complexity index is 1050. The number of aromatic nitrogens is 4. The van der Waals surface area contributed by atoms with E-state index in [1.807, 2.05) is 24.4 Å². The van der Waals surface area contributed by atoms with Gasteiger partial charge in [-0.1, -0.05) is 55.8 Å². The number of hydrogen-bond acceptors (Lipinski definition) is 4. The monoisotopic (exact) mass is 370 g/mol. The van der Waals surface area contributed by atoms with Crippen LogP contribution in [0.25, 0.3) is 5.82 Å². The number of rotatable bonds is 5. The molecule has 0 unspecified atom stereocenters. The second-order valence-electron chi connectivity index (χ2n) is 7.27. The third-order valence-electron chi connectivity index (χ3n) is 4.92. The van der Waals surface area contributed by atoms with Crippen molar-refractivity contribution in [3.8, 4) is 17.6 Å². The van der Waals surface area contributed by atoms with Crippen molar-refractivity contribution >= 4 is 0 Å². The van der Waals surface area contributed by atoms with Gasteiger partial charge in [-0.15, -0.1) is 0 Å². The fraction of sp³-hybridized carbons (Fsp3) is 0.174. The average Bonchev–Trinajstić information content (AvgIpc) is 3.24. The second-order valence-corrected chi connectivity index (χ2v) is 7.27. The molecule has 140 valence electrons. The third kappa shape index (κ3) is 3.64. The van der Waals surface area contributed by atoms with Gasteiger partial charge < -0.3 is 4.74 Å². The first-order chi connectivity index (χ1) is 13.5. The molecule has 2 aromatic carbocycles. The van der Waals surface area contributed by atoms with Crippen LogP contribution >= 0.6 is 0 Å². The van der Waals surface area contributed by atoms with Crippen molar-refractivity contribution in [1.29, 1.82) is 0 Å². The Morgan fingerprint density at radius 2 is 1.54 bits per heavy atom. The molecule has 0 atom stereocenters. The number of hydrogen-bond donors (Lipinski definition) is 0. The minimum Gasteiger partial charge on any atom is -0.424 e. The summed E-state index contributed by atoms with van der Waals surface area (Å²) in [7, 11) is 0. The Labute approximate surface area is 164 Å². The standard InChI is InChI=1S/C23H22N4O/c1-17-5-7-18(8-6-17)23(2,3)19-9-11-20(12-10-19)28-22-24-15-13-21(26-22)27-16-4-14-25-27/h4-16H,1-3H3. The van der Waals surface area contributed by atoms with Crippen molar-refractivity contribution in [1.82, 2.24) is 19.7 Å². The first-order valence-corrected chi connectivity index (χ1v) is 9.21. The van der Waals surface area contributed by atoms with Crippen LogP contribution in [0.4, 0.5) is 0 Å². The van der Waals surface area contributed by atoms with Crippen LogP contribution in [0.15, 0.2) is 79.3 Å². The van der Waals surface area contributed by atoms with E-state index in [1.165, 1.54) is 16.7 Å². The smallest absolute Gasteiger partial charge is 0.323 e. The lowest BCUT2D eigenvalue weighted by atomic mass is 9.78. The molecule has 5 nitrogen and oxygen atoms in total. The van der Waals surface area contributed by atoms with Gasteiger partial charge in [-0.25, -0.2) is 9.67 Å². The molecule has 0 aliphatic carbocycles. The van der Waals surface area contributed by atoms with Gasteiger partial charge in [0, 0.05) is 30.1 Å². The quantitative estimate of drug-likeness (QED) is 0.491. The van der Waals surface area contributed by atoms with Gasteiger partial charge in [0.2, 0.25) is 0 Å². The Kier molecular flexibility index (Phi) is 4.65. The lowest BCUT2D eigenvalue weighted by molar-refractivity contribution is 0.439. The lowest BCUT2D eigenvalue weighted by Gasteiger charge is -2.26. The molecule has 0 aliphatic rings. The lowest BCUT2D eigenvalue weighted by Crippen LogP contribution is -2.18. The maximum Gasteiger partial charge on any atom is 0.323 e. The van der Waals surface area contributed by atoms with Gasteiger partial charge in [0.15, 0.2) is 5.82 Å². The van der Waals surface area contributed by atoms with Crippen LogP contribution in [0, 0.1) is 6.92 Å². The van der Waals surface area contributed by atoms with E-state index in [0.717, 1.165) is 0 Å². The molecule has 0 aliphatic heterocycles. The maximum absolute atomic E-state index is 5.84. The van der Waals surface area contributed by atoms with Gasteiger partial charge in [-0.3, -0.25) is 0 Å². The second kappa shape index (κ2) is 7.27. The highest BCUT2D eigenvalue weighted by Gasteiger charge is 2.23. The zero-order chi connectivity index (χ0) is 19.6. The summed E-state index contributed by atoms with van der Waals surface area (Å²) in [6.45, 7) is 6.56. The summed E-state index contributed by atoms with van der Waals surface area (Å²) in [6.07, 6.45) is 5.19. The fourth-order valence-electron chi connectivity index (χ4n) is 3.09. The summed E-state index contributed by atoms with van der Waals surface area (Å²) in [6, 6.07) is 20.7. The van der Waals surface area contributed by atoms with E-state index in [2.05, 4.69) is 72.2 Å². The van der Waals surface area contributed by atoms with Gasteiger partial charge in [-0.05, 0) is 36.2 Å². The molecule has 5 heteroatoms. The molecule has 4 aromatic rings. The zero-order valence-corrected chi connectivity index (χ0v) is 16.2. The highest BCUT2D eigenvalue weighted by atomic mass is 16.5. The maximum atomic E-state index is 5.84. The third-order valence-corrected chi connectivity index (χ3v) is 4.92. The Morgan fingerprint density at radius 1 is 0.857 bits per heavy atom. The molecule has 4 rings (SSSR count). The molecule has 0 saturated carbocycles. The van der Waals surface area contributed by atoms with E-state index in [0.29, 0.717) is 17.6 Å². The van der Waals surface area contributed by atoms with E-state index >= 15 is 0 Å². The van der Waals surface area contributed by atoms with Crippen molar-refractivity contribution in [2.24, 2.45) is 0 Å². The fourth-order valence-corrected chi connectivity index (χ4v) is 3.09. The topological polar surface area (TPSA) is 52.8 Å². The molecule has 0 N–H and O–H groups in total. The van der Waals surface area contributed by atoms with Crippen molar-refractivity contribution in [3.63, 3.8) is 0 Å². The largest absolute Gasteiger partial charge is 0.424 e. The Hall–Kier alpha value is -3.47. The summed E-state index contributed by atoms with van der Waals surface area (Å²) < 4.78 is 7.51. The number of benzene rings is 2. The normalized spacial score (nSPS) is 11.4. The summed E-state index contributed by atoms with van der Waals surface area (Å²) in [5.74, 6) is 1.35. The van der Waals surface area contributed by atoms with Gasteiger partial charge in [0.05, 0.1) is 0 Å². The van der Waals surface area contributed by atoms with Crippen molar-refractivity contribution in [2.45, 2.75) is 26.2 Å². The average molecular weight is 370 g/mol. The molecular formula is C23H22N4O. The van der Waals surface area contributed by atoms with Gasteiger partial charge in [0.1, 0.15) is 5.75 Å². The van der Waals surface area contributed by atoms with Crippen LogP contribution < -0.4 is 4.74 Å². The van der Waals surface area contributed by atoms with Gasteiger partial charge in [0.25, 0.3) is 0 Å². The van der Waals surface area contributed by atoms with Crippen LogP contribution in [0.5, 0.6) is 11.8 Å². The molecule has 28 heavy (non-hydrogen) atoms. The first kappa shape index (κ1) is 17.9. The minimum absolute atomic E-state index is 0.0945. The summed E-state index contributed by atoms with van der Waals surface area (Å²) in [5, 5.41) is 4.18. The van der Waals surface area contributed by atoms with E-state index in [4.69, 9.17) is 4.74 Å². The summed E-state index contributed by atoms with van der Waals surface area (Å²) in [4.78, 5) is 8.60. The van der Waals surface area contributed by atoms with Crippen LogP contribution in [0.2, 0.25) is 0 Å². The molecule has 0 amide bonds. The molecule has 2 aromatic heterocycles. The number of nitrogens with zero attached hydrogens (tertiary/aromatic N) is 4. The summed E-state index contributed by atoms with van der Waals surface area (Å²) >= 11 is 0. The minimum atomic E-state index is -0.0945. The van der Waals surface area contributed by atoms with Crippen LogP contribution in [-0.4, -0.2) is 19.7 Å². The SMILES string of the molecule is Cc1ccc(C(C)(C)c2ccc(Oc3nccc(-n4cccn4)n3)cc2)cc1. The number of aryl methyl sites for hydroxylation is 1. The Morgan fingerprint density at radius 3 is 2.18 bits per heavy atom. The molecular weight excluding hydrogens is 348 g/mol. The molecule has 0 spiro atoms. The van der Waals surface area contributed by atoms with Crippen molar-refractivity contribution in [3.05, 3.63) is 95.9 Å². The zero-order valence-electron chi connectivity index (χ0n) is 16.2. The van der Waals surface area contributed by atoms with Gasteiger partial charge >= 0.3 is 6.01 Å². The summed E-state index contributed by atoms with van der Waals surface area (Å²) in [5.41, 5.74) is 3.67. The van der Waals surface area contributed by atoms with Crippen molar-refractivity contribution in [2.75, 3.05) is 0 Å². The highest BCUT2D eigenvalue weighted by molar-refractivity contribution is 5.41. The number of ether oxygens (including phenoxy) is 1. The van der Waals surface area contributed by atoms with Crippen LogP contribution in [0.3, 0.4) is 0 Å². The van der Waals surface area contributed by atoms with Crippen LogP contribution in [-0.2, 0) is 5.41 Å². The predicted octanol–water partition coefficient (Wildman–Crippen LogP) is 5.09. The molecule has 0 radical (unpaired) electrons. The molecule has 0 saturated heterocycles. The van der Waals surface area contributed by atoms with Gasteiger partial charge in [-0.2, -0.15) is 10.1 Å². The van der Waals surface area contributed by atoms with E-state index in [-0.39, 0.29) is 5.41 Å². The molecule has 0 fully saturated rings. The van der Waals surface area contributed by atoms with Crippen LogP contribution in [0.1, 0.15) is 30.5 Å². The first-order valence-electron chi connectivity index (χ1n) is 9.21. The predicted molar refractivity (Wildman–Crippen MR) is 109 cm³/mol. The molecule has 2 heterocycles. The van der Waals surface area contributed by atoms with E-state index in [9.17, 15) is 0 Å². The molecule has 0 bridgehead atoms. The van der Waals surface area contributed by atoms with E-state index in [1.54, 1.807) is 23.1 Å².